The normalized spacial score (nSPS) is 16.5. The van der Waals surface area contributed by atoms with Gasteiger partial charge < -0.3 is 10.1 Å². The molecule has 0 aromatic heterocycles. The zero-order chi connectivity index (χ0) is 18.7. The second-order valence-corrected chi connectivity index (χ2v) is 8.79. The van der Waals surface area contributed by atoms with Gasteiger partial charge in [0.15, 0.2) is 6.10 Å². The van der Waals surface area contributed by atoms with Crippen LogP contribution in [0.15, 0.2) is 53.4 Å². The molecule has 1 unspecified atom stereocenters. The van der Waals surface area contributed by atoms with Crippen LogP contribution in [0.5, 0.6) is 5.75 Å². The second-order valence-electron chi connectivity index (χ2n) is 5.73. The van der Waals surface area contributed by atoms with E-state index in [0.29, 0.717) is 17.1 Å². The van der Waals surface area contributed by atoms with Gasteiger partial charge in [-0.05, 0) is 43.5 Å². The molecule has 1 aliphatic rings. The molecule has 3 rings (SSSR count). The molecule has 6 nitrogen and oxygen atoms in total. The van der Waals surface area contributed by atoms with Crippen molar-refractivity contribution < 1.29 is 17.9 Å². The molecular formula is C18H20N2O4S2. The predicted molar refractivity (Wildman–Crippen MR) is 105 cm³/mol. The molecule has 0 aliphatic carbocycles. The Bertz CT molecular complexity index is 915. The van der Waals surface area contributed by atoms with Crippen molar-refractivity contribution in [3.05, 3.63) is 48.5 Å². The molecule has 0 saturated carbocycles. The Morgan fingerprint density at radius 3 is 2.77 bits per heavy atom. The summed E-state index contributed by atoms with van der Waals surface area (Å²) in [5.41, 5.74) is 1.11. The zero-order valence-corrected chi connectivity index (χ0v) is 16.1. The van der Waals surface area contributed by atoms with Crippen LogP contribution in [-0.4, -0.2) is 39.0 Å². The molecule has 0 saturated heterocycles. The second kappa shape index (κ2) is 7.59. The van der Waals surface area contributed by atoms with Gasteiger partial charge >= 0.3 is 0 Å². The number of carbonyl (C=O) groups is 1. The van der Waals surface area contributed by atoms with Crippen molar-refractivity contribution in [3.63, 3.8) is 0 Å². The molecule has 0 bridgehead atoms. The molecule has 0 fully saturated rings. The van der Waals surface area contributed by atoms with E-state index in [9.17, 15) is 13.2 Å². The highest BCUT2D eigenvalue weighted by atomic mass is 32.2. The minimum Gasteiger partial charge on any atom is -0.476 e. The fourth-order valence-corrected chi connectivity index (χ4v) is 4.27. The summed E-state index contributed by atoms with van der Waals surface area (Å²) < 4.78 is 32.0. The quantitative estimate of drug-likeness (QED) is 0.792. The number of para-hydroxylation sites is 2. The number of carbonyl (C=O) groups excluding carboxylic acids is 1. The lowest BCUT2D eigenvalue weighted by Gasteiger charge is -2.34. The SMILES string of the molecule is CCS(=O)(=O)N1CC(C(=O)Nc2cccc(SC)c2)Oc2ccccc21. The van der Waals surface area contributed by atoms with Crippen LogP contribution in [0.25, 0.3) is 0 Å². The highest BCUT2D eigenvalue weighted by molar-refractivity contribution is 7.98. The minimum absolute atomic E-state index is 0.0502. The highest BCUT2D eigenvalue weighted by Gasteiger charge is 2.35. The van der Waals surface area contributed by atoms with Gasteiger partial charge in [-0.25, -0.2) is 8.42 Å². The Labute approximate surface area is 157 Å². The first-order chi connectivity index (χ1) is 12.4. The van der Waals surface area contributed by atoms with Crippen LogP contribution in [0.3, 0.4) is 0 Å². The van der Waals surface area contributed by atoms with Gasteiger partial charge in [-0.1, -0.05) is 18.2 Å². The lowest BCUT2D eigenvalue weighted by molar-refractivity contribution is -0.122. The molecule has 0 radical (unpaired) electrons. The molecule has 2 aromatic carbocycles. The number of sulfonamides is 1. The Hall–Kier alpha value is -2.19. The standard InChI is InChI=1S/C18H20N2O4S2/c1-3-26(22,23)20-12-17(24-16-10-5-4-9-15(16)20)18(21)19-13-7-6-8-14(11-13)25-2/h4-11,17H,3,12H2,1-2H3,(H,19,21). The average molecular weight is 393 g/mol. The third-order valence-corrected chi connectivity index (χ3v) is 6.54. The fraction of sp³-hybridized carbons (Fsp3) is 0.278. The first-order valence-corrected chi connectivity index (χ1v) is 11.0. The first-order valence-electron chi connectivity index (χ1n) is 8.15. The van der Waals surface area contributed by atoms with Crippen molar-refractivity contribution in [2.24, 2.45) is 0 Å². The number of amides is 1. The van der Waals surface area contributed by atoms with Crippen LogP contribution in [0, 0.1) is 0 Å². The van der Waals surface area contributed by atoms with Crippen LogP contribution in [0.4, 0.5) is 11.4 Å². The van der Waals surface area contributed by atoms with Crippen molar-refractivity contribution >= 4 is 39.1 Å². The van der Waals surface area contributed by atoms with E-state index in [1.165, 1.54) is 4.31 Å². The van der Waals surface area contributed by atoms with Gasteiger partial charge in [-0.3, -0.25) is 9.10 Å². The predicted octanol–water partition coefficient (Wildman–Crippen LogP) is 2.96. The molecule has 0 spiro atoms. The average Bonchev–Trinajstić information content (AvgIpc) is 2.67. The van der Waals surface area contributed by atoms with Crippen molar-refractivity contribution in [2.45, 2.75) is 17.9 Å². The third-order valence-electron chi connectivity index (χ3n) is 4.07. The Balaban J connectivity index is 1.86. The van der Waals surface area contributed by atoms with Crippen LogP contribution in [0.2, 0.25) is 0 Å². The van der Waals surface area contributed by atoms with Gasteiger partial charge in [0.25, 0.3) is 5.91 Å². The van der Waals surface area contributed by atoms with E-state index in [1.807, 2.05) is 24.5 Å². The summed E-state index contributed by atoms with van der Waals surface area (Å²) in [5, 5.41) is 2.81. The van der Waals surface area contributed by atoms with E-state index in [-0.39, 0.29) is 18.2 Å². The fourth-order valence-electron chi connectivity index (χ4n) is 2.68. The lowest BCUT2D eigenvalue weighted by Crippen LogP contribution is -2.49. The Morgan fingerprint density at radius 1 is 1.27 bits per heavy atom. The monoisotopic (exact) mass is 392 g/mol. The maximum atomic E-state index is 12.7. The molecule has 2 aromatic rings. The molecule has 1 amide bonds. The number of ether oxygens (including phenoxy) is 1. The number of rotatable bonds is 5. The number of hydrogen-bond acceptors (Lipinski definition) is 5. The molecule has 26 heavy (non-hydrogen) atoms. The van der Waals surface area contributed by atoms with Gasteiger partial charge in [-0.2, -0.15) is 0 Å². The molecule has 1 heterocycles. The summed E-state index contributed by atoms with van der Waals surface area (Å²) in [6.07, 6.45) is 1.03. The summed E-state index contributed by atoms with van der Waals surface area (Å²) >= 11 is 1.57. The van der Waals surface area contributed by atoms with Crippen molar-refractivity contribution in [2.75, 3.05) is 28.2 Å². The van der Waals surface area contributed by atoms with E-state index in [2.05, 4.69) is 5.32 Å². The third kappa shape index (κ3) is 3.81. The van der Waals surface area contributed by atoms with Crippen LogP contribution in [-0.2, 0) is 14.8 Å². The van der Waals surface area contributed by atoms with Crippen molar-refractivity contribution in [3.8, 4) is 5.75 Å². The Kier molecular flexibility index (Phi) is 5.43. The molecule has 8 heteroatoms. The summed E-state index contributed by atoms with van der Waals surface area (Å²) in [4.78, 5) is 13.7. The summed E-state index contributed by atoms with van der Waals surface area (Å²) in [7, 11) is -3.51. The van der Waals surface area contributed by atoms with Crippen LogP contribution < -0.4 is 14.4 Å². The topological polar surface area (TPSA) is 75.7 Å². The molecular weight excluding hydrogens is 372 g/mol. The highest BCUT2D eigenvalue weighted by Crippen LogP contribution is 2.35. The van der Waals surface area contributed by atoms with Crippen molar-refractivity contribution in [1.82, 2.24) is 0 Å². The summed E-state index contributed by atoms with van der Waals surface area (Å²) in [6, 6.07) is 14.3. The first kappa shape index (κ1) is 18.6. The summed E-state index contributed by atoms with van der Waals surface area (Å²) in [5.74, 6) is -0.0475. The maximum Gasteiger partial charge on any atom is 0.267 e. The van der Waals surface area contributed by atoms with E-state index < -0.39 is 16.1 Å². The number of benzene rings is 2. The molecule has 138 valence electrons. The van der Waals surface area contributed by atoms with Gasteiger partial charge in [0.1, 0.15) is 5.75 Å². The van der Waals surface area contributed by atoms with Gasteiger partial charge in [0.2, 0.25) is 10.0 Å². The van der Waals surface area contributed by atoms with Crippen LogP contribution in [0.1, 0.15) is 6.92 Å². The molecule has 1 atom stereocenters. The number of nitrogens with one attached hydrogen (secondary N) is 1. The number of fused-ring (bicyclic) bond motifs is 1. The van der Waals surface area contributed by atoms with E-state index in [0.717, 1.165) is 4.90 Å². The molecule has 1 N–H and O–H groups in total. The number of nitrogens with zero attached hydrogens (tertiary/aromatic N) is 1. The zero-order valence-electron chi connectivity index (χ0n) is 14.5. The lowest BCUT2D eigenvalue weighted by atomic mass is 10.2. The number of anilines is 2. The van der Waals surface area contributed by atoms with Gasteiger partial charge in [-0.15, -0.1) is 11.8 Å². The van der Waals surface area contributed by atoms with Crippen molar-refractivity contribution in [1.29, 1.82) is 0 Å². The molecule has 1 aliphatic heterocycles. The largest absolute Gasteiger partial charge is 0.476 e. The Morgan fingerprint density at radius 2 is 2.04 bits per heavy atom. The maximum absolute atomic E-state index is 12.7. The van der Waals surface area contributed by atoms with E-state index in [4.69, 9.17) is 4.74 Å². The smallest absolute Gasteiger partial charge is 0.267 e. The summed E-state index contributed by atoms with van der Waals surface area (Å²) in [6.45, 7) is 1.53. The van der Waals surface area contributed by atoms with E-state index in [1.54, 1.807) is 49.0 Å². The van der Waals surface area contributed by atoms with Crippen LogP contribution >= 0.6 is 11.8 Å². The number of thioether (sulfide) groups is 1. The number of hydrogen-bond donors (Lipinski definition) is 1. The van der Waals surface area contributed by atoms with Gasteiger partial charge in [0.05, 0.1) is 18.0 Å². The van der Waals surface area contributed by atoms with Gasteiger partial charge in [0, 0.05) is 10.6 Å². The van der Waals surface area contributed by atoms with E-state index >= 15 is 0 Å². The minimum atomic E-state index is -3.51.